The van der Waals surface area contributed by atoms with Gasteiger partial charge in [0.1, 0.15) is 5.82 Å². The summed E-state index contributed by atoms with van der Waals surface area (Å²) in [6, 6.07) is 18.0. The van der Waals surface area contributed by atoms with Gasteiger partial charge in [-0.25, -0.2) is 4.68 Å². The van der Waals surface area contributed by atoms with Crippen LogP contribution in [0.25, 0.3) is 16.9 Å². The first-order valence-electron chi connectivity index (χ1n) is 13.2. The van der Waals surface area contributed by atoms with Crippen LogP contribution in [-0.4, -0.2) is 39.6 Å². The molecule has 0 saturated carbocycles. The van der Waals surface area contributed by atoms with Crippen molar-refractivity contribution in [3.05, 3.63) is 65.7 Å². The number of benzene rings is 2. The predicted molar refractivity (Wildman–Crippen MR) is 147 cm³/mol. The van der Waals surface area contributed by atoms with Gasteiger partial charge in [0, 0.05) is 24.1 Å². The van der Waals surface area contributed by atoms with E-state index in [1.54, 1.807) is 9.58 Å². The van der Waals surface area contributed by atoms with Crippen LogP contribution < -0.4 is 5.32 Å². The lowest BCUT2D eigenvalue weighted by Crippen LogP contribution is -2.42. The number of hydrogen-bond donors (Lipinski definition) is 1. The molecule has 1 aromatic heterocycles. The number of hydrogen-bond acceptors (Lipinski definition) is 3. The van der Waals surface area contributed by atoms with Crippen molar-refractivity contribution in [3.8, 4) is 16.9 Å². The minimum Gasteiger partial charge on any atom is -0.333 e. The summed E-state index contributed by atoms with van der Waals surface area (Å²) in [4.78, 5) is 28.2. The zero-order valence-corrected chi connectivity index (χ0v) is 22.4. The fourth-order valence-electron chi connectivity index (χ4n) is 4.55. The van der Waals surface area contributed by atoms with E-state index in [2.05, 4.69) is 32.2 Å². The fourth-order valence-corrected chi connectivity index (χ4v) is 4.55. The van der Waals surface area contributed by atoms with Crippen molar-refractivity contribution in [2.24, 2.45) is 5.92 Å². The minimum absolute atomic E-state index is 0.0327. The second kappa shape index (κ2) is 13.1. The van der Waals surface area contributed by atoms with Gasteiger partial charge in [-0.3, -0.25) is 9.59 Å². The zero-order valence-electron chi connectivity index (χ0n) is 22.4. The van der Waals surface area contributed by atoms with E-state index in [4.69, 9.17) is 5.10 Å². The molecule has 6 heteroatoms. The summed E-state index contributed by atoms with van der Waals surface area (Å²) in [6.45, 7) is 10.9. The number of aromatic nitrogens is 2. The number of anilines is 1. The van der Waals surface area contributed by atoms with Gasteiger partial charge in [-0.2, -0.15) is 5.10 Å². The molecular weight excluding hydrogens is 448 g/mol. The van der Waals surface area contributed by atoms with Gasteiger partial charge >= 0.3 is 0 Å². The van der Waals surface area contributed by atoms with E-state index in [-0.39, 0.29) is 24.3 Å². The Balaban J connectivity index is 1.88. The lowest BCUT2D eigenvalue weighted by atomic mass is 9.97. The van der Waals surface area contributed by atoms with Gasteiger partial charge in [-0.1, -0.05) is 81.6 Å². The number of rotatable bonds is 12. The summed E-state index contributed by atoms with van der Waals surface area (Å²) in [5.41, 5.74) is 4.89. The van der Waals surface area contributed by atoms with Crippen LogP contribution in [0.5, 0.6) is 0 Å². The summed E-state index contributed by atoms with van der Waals surface area (Å²) < 4.78 is 1.79. The molecule has 0 aliphatic heterocycles. The Bertz CT molecular complexity index is 1150. The largest absolute Gasteiger partial charge is 0.333 e. The van der Waals surface area contributed by atoms with Crippen LogP contribution in [0.4, 0.5) is 5.82 Å². The molecule has 3 aromatic rings. The van der Waals surface area contributed by atoms with Crippen molar-refractivity contribution in [3.63, 3.8) is 0 Å². The molecule has 36 heavy (non-hydrogen) atoms. The van der Waals surface area contributed by atoms with E-state index < -0.39 is 0 Å². The summed E-state index contributed by atoms with van der Waals surface area (Å²) in [5, 5.41) is 7.89. The first-order chi connectivity index (χ1) is 17.4. The van der Waals surface area contributed by atoms with E-state index in [0.29, 0.717) is 12.4 Å². The zero-order chi connectivity index (χ0) is 26.1. The second-order valence-electron chi connectivity index (χ2n) is 9.54. The molecule has 0 aliphatic rings. The number of aryl methyl sites for hydroxylation is 2. The Morgan fingerprint density at radius 2 is 1.75 bits per heavy atom. The molecule has 0 radical (unpaired) electrons. The molecule has 0 spiro atoms. The van der Waals surface area contributed by atoms with Crippen molar-refractivity contribution < 1.29 is 9.59 Å². The van der Waals surface area contributed by atoms with Gasteiger partial charge in [-0.15, -0.1) is 0 Å². The molecule has 1 heterocycles. The SMILES string of the molecule is CCCCC(CC)C(=O)N(CCC)CC(=O)Nc1cc(-c2ccccc2)nn1-c1ccc(C)cc1C. The monoisotopic (exact) mass is 488 g/mol. The van der Waals surface area contributed by atoms with Crippen molar-refractivity contribution in [1.82, 2.24) is 14.7 Å². The van der Waals surface area contributed by atoms with Gasteiger partial charge in [0.15, 0.2) is 0 Å². The van der Waals surface area contributed by atoms with Gasteiger partial charge in [0.2, 0.25) is 11.8 Å². The average molecular weight is 489 g/mol. The van der Waals surface area contributed by atoms with Crippen LogP contribution in [0.3, 0.4) is 0 Å². The molecule has 1 unspecified atom stereocenters. The van der Waals surface area contributed by atoms with E-state index in [1.165, 1.54) is 5.56 Å². The number of unbranched alkanes of at least 4 members (excludes halogenated alkanes) is 1. The Kier molecular flexibility index (Phi) is 9.86. The molecule has 6 nitrogen and oxygen atoms in total. The van der Waals surface area contributed by atoms with E-state index >= 15 is 0 Å². The number of carbonyl (C=O) groups is 2. The highest BCUT2D eigenvalue weighted by Crippen LogP contribution is 2.27. The Morgan fingerprint density at radius 3 is 2.39 bits per heavy atom. The Labute approximate surface area is 215 Å². The lowest BCUT2D eigenvalue weighted by Gasteiger charge is -2.26. The van der Waals surface area contributed by atoms with Crippen molar-refractivity contribution in [2.75, 3.05) is 18.4 Å². The first kappa shape index (κ1) is 27.2. The first-order valence-corrected chi connectivity index (χ1v) is 13.2. The number of nitrogens with one attached hydrogen (secondary N) is 1. The minimum atomic E-state index is -0.215. The van der Waals surface area contributed by atoms with E-state index in [1.807, 2.05) is 62.4 Å². The van der Waals surface area contributed by atoms with Gasteiger partial charge in [0.05, 0.1) is 17.9 Å². The molecule has 0 aliphatic carbocycles. The van der Waals surface area contributed by atoms with Gasteiger partial charge < -0.3 is 10.2 Å². The maximum absolute atomic E-state index is 13.2. The van der Waals surface area contributed by atoms with Gasteiger partial charge in [-0.05, 0) is 44.7 Å². The van der Waals surface area contributed by atoms with Crippen LogP contribution in [0.2, 0.25) is 0 Å². The van der Waals surface area contributed by atoms with Crippen molar-refractivity contribution in [2.45, 2.75) is 66.7 Å². The van der Waals surface area contributed by atoms with Crippen LogP contribution in [0.1, 0.15) is 64.0 Å². The Morgan fingerprint density at radius 1 is 1.00 bits per heavy atom. The predicted octanol–water partition coefficient (Wildman–Crippen LogP) is 6.55. The molecule has 1 N–H and O–H groups in total. The van der Waals surface area contributed by atoms with Gasteiger partial charge in [0.25, 0.3) is 0 Å². The second-order valence-corrected chi connectivity index (χ2v) is 9.54. The van der Waals surface area contributed by atoms with E-state index in [0.717, 1.165) is 54.6 Å². The third kappa shape index (κ3) is 6.84. The highest BCUT2D eigenvalue weighted by molar-refractivity contribution is 5.95. The quantitative estimate of drug-likeness (QED) is 0.314. The molecule has 0 fully saturated rings. The third-order valence-corrected chi connectivity index (χ3v) is 6.51. The van der Waals surface area contributed by atoms with Crippen molar-refractivity contribution >= 4 is 17.6 Å². The molecule has 3 rings (SSSR count). The maximum atomic E-state index is 13.2. The van der Waals surface area contributed by atoms with E-state index in [9.17, 15) is 9.59 Å². The number of nitrogens with zero attached hydrogens (tertiary/aromatic N) is 3. The van der Waals surface area contributed by atoms with Crippen LogP contribution >= 0.6 is 0 Å². The fraction of sp³-hybridized carbons (Fsp3) is 0.433. The third-order valence-electron chi connectivity index (χ3n) is 6.51. The molecule has 0 bridgehead atoms. The number of carbonyl (C=O) groups excluding carboxylic acids is 2. The summed E-state index contributed by atoms with van der Waals surface area (Å²) in [6.07, 6.45) is 4.55. The lowest BCUT2D eigenvalue weighted by molar-refractivity contribution is -0.138. The molecule has 2 amide bonds. The van der Waals surface area contributed by atoms with Crippen molar-refractivity contribution in [1.29, 1.82) is 0 Å². The molecule has 192 valence electrons. The smallest absolute Gasteiger partial charge is 0.245 e. The highest BCUT2D eigenvalue weighted by atomic mass is 16.2. The Hall–Kier alpha value is -3.41. The standard InChI is InChI=1S/C30H40N4O2/c1-6-9-13-24(8-3)30(36)33(18-7-2)21-29(35)31-28-20-26(25-14-11-10-12-15-25)32-34(28)27-17-16-22(4)19-23(27)5/h10-12,14-17,19-20,24H,6-9,13,18,21H2,1-5H3,(H,31,35). The maximum Gasteiger partial charge on any atom is 0.245 e. The number of amides is 2. The highest BCUT2D eigenvalue weighted by Gasteiger charge is 2.24. The van der Waals surface area contributed by atoms with Crippen LogP contribution in [-0.2, 0) is 9.59 Å². The van der Waals surface area contributed by atoms with Crippen LogP contribution in [0, 0.1) is 19.8 Å². The summed E-state index contributed by atoms with van der Waals surface area (Å²) >= 11 is 0. The average Bonchev–Trinajstić information content (AvgIpc) is 3.27. The summed E-state index contributed by atoms with van der Waals surface area (Å²) in [5.74, 6) is 0.422. The molecule has 0 saturated heterocycles. The summed E-state index contributed by atoms with van der Waals surface area (Å²) in [7, 11) is 0. The topological polar surface area (TPSA) is 67.2 Å². The molecular formula is C30H40N4O2. The molecule has 2 aromatic carbocycles. The normalized spacial score (nSPS) is 11.8. The van der Waals surface area contributed by atoms with Crippen LogP contribution in [0.15, 0.2) is 54.6 Å². The molecule has 1 atom stereocenters.